The van der Waals surface area contributed by atoms with E-state index in [0.717, 1.165) is 35.7 Å². The second-order valence-electron chi connectivity index (χ2n) is 10.1. The van der Waals surface area contributed by atoms with E-state index in [1.54, 1.807) is 12.4 Å². The van der Waals surface area contributed by atoms with Crippen LogP contribution in [0.4, 0.5) is 11.6 Å². The Kier molecular flexibility index (Phi) is 5.40. The first-order chi connectivity index (χ1) is 14.9. The van der Waals surface area contributed by atoms with Gasteiger partial charge in [0.2, 0.25) is 0 Å². The predicted octanol–water partition coefficient (Wildman–Crippen LogP) is 3.13. The summed E-state index contributed by atoms with van der Waals surface area (Å²) in [7, 11) is 2.04. The molecule has 1 aliphatic heterocycles. The van der Waals surface area contributed by atoms with Crippen LogP contribution in [0.15, 0.2) is 24.8 Å². The Balaban J connectivity index is 1.48. The summed E-state index contributed by atoms with van der Waals surface area (Å²) in [6.07, 6.45) is 8.82. The van der Waals surface area contributed by atoms with Gasteiger partial charge in [0.25, 0.3) is 5.91 Å². The van der Waals surface area contributed by atoms with E-state index in [9.17, 15) is 4.79 Å². The Morgan fingerprint density at radius 3 is 2.41 bits per heavy atom. The van der Waals surface area contributed by atoms with Crippen molar-refractivity contribution in [1.82, 2.24) is 29.7 Å². The Morgan fingerprint density at radius 2 is 1.78 bits per heavy atom. The number of carbonyl (C=O) groups is 1. The number of carbonyl (C=O) groups excluding carboxylic acids is 1. The SMILES string of the molecule is Cc1cn2cc(NC(=O)c3cnc(N(C)C4CC(C)(C)NC(C)(C)C4)cn3)nc(C)c2n1. The Bertz CT molecular complexity index is 1130. The van der Waals surface area contributed by atoms with Gasteiger partial charge in [0.1, 0.15) is 17.3 Å². The summed E-state index contributed by atoms with van der Waals surface area (Å²) in [6.45, 7) is 12.7. The number of aryl methyl sites for hydroxylation is 2. The van der Waals surface area contributed by atoms with Crippen LogP contribution in [0.2, 0.25) is 0 Å². The van der Waals surface area contributed by atoms with Crippen molar-refractivity contribution in [1.29, 1.82) is 0 Å². The molecule has 32 heavy (non-hydrogen) atoms. The summed E-state index contributed by atoms with van der Waals surface area (Å²) in [4.78, 5) is 32.7. The second-order valence-corrected chi connectivity index (χ2v) is 10.1. The zero-order chi connectivity index (χ0) is 23.3. The quantitative estimate of drug-likeness (QED) is 0.648. The molecule has 0 unspecified atom stereocenters. The number of amides is 1. The zero-order valence-corrected chi connectivity index (χ0v) is 19.9. The smallest absolute Gasteiger partial charge is 0.277 e. The maximum Gasteiger partial charge on any atom is 0.277 e. The monoisotopic (exact) mass is 436 g/mol. The largest absolute Gasteiger partial charge is 0.355 e. The normalized spacial score (nSPS) is 18.0. The Hall–Kier alpha value is -3.07. The van der Waals surface area contributed by atoms with Crippen molar-refractivity contribution in [3.05, 3.63) is 41.9 Å². The summed E-state index contributed by atoms with van der Waals surface area (Å²) in [5.41, 5.74) is 2.73. The van der Waals surface area contributed by atoms with Crippen LogP contribution in [0.5, 0.6) is 0 Å². The zero-order valence-electron chi connectivity index (χ0n) is 19.9. The van der Waals surface area contributed by atoms with E-state index >= 15 is 0 Å². The number of rotatable bonds is 4. The molecule has 1 amide bonds. The van der Waals surface area contributed by atoms with E-state index in [1.165, 1.54) is 6.20 Å². The minimum atomic E-state index is -0.348. The first-order valence-corrected chi connectivity index (χ1v) is 10.9. The van der Waals surface area contributed by atoms with Crippen molar-refractivity contribution in [2.45, 2.75) is 71.5 Å². The number of imidazole rings is 1. The summed E-state index contributed by atoms with van der Waals surface area (Å²) in [5, 5.41) is 6.52. The minimum absolute atomic E-state index is 0.0357. The molecule has 4 heterocycles. The predicted molar refractivity (Wildman–Crippen MR) is 125 cm³/mol. The average molecular weight is 437 g/mol. The second kappa shape index (κ2) is 7.81. The molecule has 0 spiro atoms. The van der Waals surface area contributed by atoms with Crippen molar-refractivity contribution < 1.29 is 4.79 Å². The summed E-state index contributed by atoms with van der Waals surface area (Å²) in [5.74, 6) is 0.850. The highest BCUT2D eigenvalue weighted by Gasteiger charge is 2.39. The first kappa shape index (κ1) is 22.1. The van der Waals surface area contributed by atoms with Crippen LogP contribution in [-0.2, 0) is 0 Å². The molecule has 1 aliphatic rings. The molecular formula is C23H32N8O. The van der Waals surface area contributed by atoms with E-state index < -0.39 is 0 Å². The highest BCUT2D eigenvalue weighted by atomic mass is 16.2. The number of aromatic nitrogens is 5. The van der Waals surface area contributed by atoms with Gasteiger partial charge >= 0.3 is 0 Å². The van der Waals surface area contributed by atoms with Crippen LogP contribution in [0.1, 0.15) is 62.4 Å². The first-order valence-electron chi connectivity index (χ1n) is 10.9. The van der Waals surface area contributed by atoms with E-state index in [1.807, 2.05) is 31.5 Å². The van der Waals surface area contributed by atoms with E-state index in [0.29, 0.717) is 11.9 Å². The minimum Gasteiger partial charge on any atom is -0.355 e. The molecule has 0 bridgehead atoms. The lowest BCUT2D eigenvalue weighted by Crippen LogP contribution is -2.62. The topological polar surface area (TPSA) is 100 Å². The fourth-order valence-corrected chi connectivity index (χ4v) is 4.86. The van der Waals surface area contributed by atoms with Crippen molar-refractivity contribution in [2.75, 3.05) is 17.3 Å². The fraction of sp³-hybridized carbons (Fsp3) is 0.522. The van der Waals surface area contributed by atoms with Crippen LogP contribution in [0.3, 0.4) is 0 Å². The summed E-state index contributed by atoms with van der Waals surface area (Å²) in [6, 6.07) is 0.327. The standard InChI is InChI=1S/C23H32N8O/c1-14-12-31-13-18(27-15(2)20(31)26-14)28-21(32)17-10-25-19(11-24-17)30(7)16-8-22(3,4)29-23(5,6)9-16/h10-13,16,29H,8-9H2,1-7H3,(H,28,32). The molecule has 0 aliphatic carbocycles. The Morgan fingerprint density at radius 1 is 1.09 bits per heavy atom. The third-order valence-electron chi connectivity index (χ3n) is 5.92. The lowest BCUT2D eigenvalue weighted by Gasteiger charge is -2.49. The maximum absolute atomic E-state index is 12.7. The van der Waals surface area contributed by atoms with Gasteiger partial charge in [-0.15, -0.1) is 0 Å². The van der Waals surface area contributed by atoms with Crippen molar-refractivity contribution in [3.8, 4) is 0 Å². The number of nitrogens with zero attached hydrogens (tertiary/aromatic N) is 6. The molecule has 170 valence electrons. The molecule has 1 saturated heterocycles. The molecule has 0 radical (unpaired) electrons. The van der Waals surface area contributed by atoms with Gasteiger partial charge < -0.3 is 19.9 Å². The van der Waals surface area contributed by atoms with Crippen LogP contribution >= 0.6 is 0 Å². The number of piperidine rings is 1. The third kappa shape index (κ3) is 4.57. The fourth-order valence-electron chi connectivity index (χ4n) is 4.86. The molecule has 3 aromatic rings. The summed E-state index contributed by atoms with van der Waals surface area (Å²) < 4.78 is 1.86. The lowest BCUT2D eigenvalue weighted by atomic mass is 9.79. The molecule has 0 saturated carbocycles. The van der Waals surface area contributed by atoms with Crippen LogP contribution in [0, 0.1) is 13.8 Å². The van der Waals surface area contributed by atoms with Gasteiger partial charge in [0.15, 0.2) is 5.65 Å². The van der Waals surface area contributed by atoms with Gasteiger partial charge in [-0.2, -0.15) is 0 Å². The number of fused-ring (bicyclic) bond motifs is 1. The molecule has 9 heteroatoms. The highest BCUT2D eigenvalue weighted by molar-refractivity contribution is 6.02. The Labute approximate surface area is 188 Å². The van der Waals surface area contributed by atoms with Gasteiger partial charge in [-0.3, -0.25) is 4.79 Å². The van der Waals surface area contributed by atoms with Gasteiger partial charge in [-0.1, -0.05) is 0 Å². The molecule has 2 N–H and O–H groups in total. The molecule has 9 nitrogen and oxygen atoms in total. The van der Waals surface area contributed by atoms with E-state index in [2.05, 4.69) is 63.2 Å². The molecule has 4 rings (SSSR count). The third-order valence-corrected chi connectivity index (χ3v) is 5.92. The van der Waals surface area contributed by atoms with Crippen molar-refractivity contribution in [3.63, 3.8) is 0 Å². The van der Waals surface area contributed by atoms with Crippen molar-refractivity contribution in [2.24, 2.45) is 0 Å². The van der Waals surface area contributed by atoms with Crippen LogP contribution < -0.4 is 15.5 Å². The number of nitrogens with one attached hydrogen (secondary N) is 2. The van der Waals surface area contributed by atoms with Gasteiger partial charge in [0, 0.05) is 30.4 Å². The molecular weight excluding hydrogens is 404 g/mol. The van der Waals surface area contributed by atoms with E-state index in [-0.39, 0.29) is 22.7 Å². The number of anilines is 2. The van der Waals surface area contributed by atoms with E-state index in [4.69, 9.17) is 0 Å². The van der Waals surface area contributed by atoms with Gasteiger partial charge in [-0.05, 0) is 54.4 Å². The van der Waals surface area contributed by atoms with Gasteiger partial charge in [0.05, 0.1) is 30.0 Å². The highest BCUT2D eigenvalue weighted by Crippen LogP contribution is 2.32. The number of hydrogen-bond acceptors (Lipinski definition) is 7. The molecule has 0 atom stereocenters. The molecule has 3 aromatic heterocycles. The lowest BCUT2D eigenvalue weighted by molar-refractivity contribution is 0.102. The van der Waals surface area contributed by atoms with Crippen molar-refractivity contribution >= 4 is 23.2 Å². The maximum atomic E-state index is 12.7. The van der Waals surface area contributed by atoms with Crippen LogP contribution in [-0.4, -0.2) is 54.4 Å². The van der Waals surface area contributed by atoms with Gasteiger partial charge in [-0.25, -0.2) is 19.9 Å². The average Bonchev–Trinajstić information content (AvgIpc) is 3.06. The molecule has 0 aromatic carbocycles. The number of hydrogen-bond donors (Lipinski definition) is 2. The molecule has 1 fully saturated rings. The summed E-state index contributed by atoms with van der Waals surface area (Å²) >= 11 is 0. The van der Waals surface area contributed by atoms with Crippen LogP contribution in [0.25, 0.3) is 5.65 Å².